The number of aryl methyl sites for hydroxylation is 1. The summed E-state index contributed by atoms with van der Waals surface area (Å²) in [5.41, 5.74) is 1.83. The zero-order valence-corrected chi connectivity index (χ0v) is 9.92. The Morgan fingerprint density at radius 1 is 1.42 bits per heavy atom. The maximum absolute atomic E-state index is 13.3. The number of carboxylic acid groups (broad SMARTS) is 1. The van der Waals surface area contributed by atoms with Gasteiger partial charge < -0.3 is 14.2 Å². The highest BCUT2D eigenvalue weighted by Crippen LogP contribution is 2.30. The Balaban J connectivity index is 2.23. The second kappa shape index (κ2) is 3.94. The van der Waals surface area contributed by atoms with Crippen LogP contribution in [0.3, 0.4) is 0 Å². The number of halogens is 1. The molecule has 0 atom stereocenters. The number of rotatable bonds is 2. The second-order valence-corrected chi connectivity index (χ2v) is 4.20. The summed E-state index contributed by atoms with van der Waals surface area (Å²) >= 11 is 0. The largest absolute Gasteiger partial charge is 0.475 e. The number of hydrogen-bond acceptors (Lipinski definition) is 3. The first-order valence-electron chi connectivity index (χ1n) is 5.51. The predicted molar refractivity (Wildman–Crippen MR) is 65.3 cm³/mol. The number of benzene rings is 1. The number of nitrogens with zero attached hydrogens (tertiary/aromatic N) is 2. The van der Waals surface area contributed by atoms with E-state index in [1.165, 1.54) is 18.2 Å². The Hall–Kier alpha value is -2.63. The van der Waals surface area contributed by atoms with E-state index in [0.717, 1.165) is 5.52 Å². The fraction of sp³-hybridized carbons (Fsp3) is 0.0769. The molecule has 19 heavy (non-hydrogen) atoms. The molecular weight excluding hydrogens is 251 g/mol. The summed E-state index contributed by atoms with van der Waals surface area (Å²) in [6.45, 7) is 0. The van der Waals surface area contributed by atoms with Crippen LogP contribution in [0.25, 0.3) is 22.2 Å². The van der Waals surface area contributed by atoms with E-state index in [1.807, 2.05) is 11.6 Å². The van der Waals surface area contributed by atoms with E-state index in [0.29, 0.717) is 16.6 Å². The van der Waals surface area contributed by atoms with Crippen LogP contribution in [0.1, 0.15) is 10.6 Å². The lowest BCUT2D eigenvalue weighted by Crippen LogP contribution is -1.91. The zero-order valence-electron chi connectivity index (χ0n) is 9.92. The number of carboxylic acids is 1. The quantitative estimate of drug-likeness (QED) is 0.769. The van der Waals surface area contributed by atoms with Gasteiger partial charge in [-0.3, -0.25) is 0 Å². The van der Waals surface area contributed by atoms with E-state index >= 15 is 0 Å². The Morgan fingerprint density at radius 3 is 2.89 bits per heavy atom. The van der Waals surface area contributed by atoms with Crippen LogP contribution in [0.15, 0.2) is 35.0 Å². The van der Waals surface area contributed by atoms with Crippen LogP contribution in [-0.2, 0) is 7.05 Å². The van der Waals surface area contributed by atoms with Gasteiger partial charge in [-0.1, -0.05) is 5.16 Å². The summed E-state index contributed by atoms with van der Waals surface area (Å²) in [5.74, 6) is -1.80. The van der Waals surface area contributed by atoms with E-state index in [1.54, 1.807) is 12.3 Å². The number of fused-ring (bicyclic) bond motifs is 1. The molecule has 0 radical (unpaired) electrons. The Kier molecular flexibility index (Phi) is 2.38. The van der Waals surface area contributed by atoms with Crippen molar-refractivity contribution in [2.24, 2.45) is 7.05 Å². The standard InChI is InChI=1S/C13H9FN2O3/c1-16-6-9(8-4-7(14)2-3-11(8)16)10-5-12(13(17)18)19-15-10/h2-6H,1H3,(H,17,18). The van der Waals surface area contributed by atoms with E-state index in [4.69, 9.17) is 9.63 Å². The third kappa shape index (κ3) is 1.77. The van der Waals surface area contributed by atoms with Gasteiger partial charge in [-0.2, -0.15) is 0 Å². The lowest BCUT2D eigenvalue weighted by Gasteiger charge is -1.95. The van der Waals surface area contributed by atoms with Crippen molar-refractivity contribution >= 4 is 16.9 Å². The molecular formula is C13H9FN2O3. The predicted octanol–water partition coefficient (Wildman–Crippen LogP) is 2.67. The minimum absolute atomic E-state index is 0.247. The monoisotopic (exact) mass is 260 g/mol. The molecule has 0 unspecified atom stereocenters. The summed E-state index contributed by atoms with van der Waals surface area (Å²) in [6.07, 6.45) is 1.76. The molecule has 0 amide bonds. The molecule has 3 aromatic rings. The number of aromatic carboxylic acids is 1. The van der Waals surface area contributed by atoms with Crippen LogP contribution in [0.2, 0.25) is 0 Å². The van der Waals surface area contributed by atoms with Crippen molar-refractivity contribution in [3.63, 3.8) is 0 Å². The fourth-order valence-corrected chi connectivity index (χ4v) is 2.07. The lowest BCUT2D eigenvalue weighted by molar-refractivity contribution is 0.0652. The minimum atomic E-state index is -1.19. The van der Waals surface area contributed by atoms with Crippen molar-refractivity contribution in [1.82, 2.24) is 9.72 Å². The summed E-state index contributed by atoms with van der Waals surface area (Å²) in [6, 6.07) is 5.74. The molecule has 0 spiro atoms. The van der Waals surface area contributed by atoms with Crippen molar-refractivity contribution in [2.45, 2.75) is 0 Å². The highest BCUT2D eigenvalue weighted by atomic mass is 19.1. The van der Waals surface area contributed by atoms with Crippen molar-refractivity contribution in [1.29, 1.82) is 0 Å². The smallest absolute Gasteiger partial charge is 0.374 e. The Labute approximate surface area is 106 Å². The fourth-order valence-electron chi connectivity index (χ4n) is 2.07. The molecule has 1 aromatic carbocycles. The van der Waals surface area contributed by atoms with Gasteiger partial charge in [-0.15, -0.1) is 0 Å². The first-order valence-corrected chi connectivity index (χ1v) is 5.51. The van der Waals surface area contributed by atoms with Gasteiger partial charge in [0.25, 0.3) is 0 Å². The molecule has 6 heteroatoms. The summed E-state index contributed by atoms with van der Waals surface area (Å²) in [4.78, 5) is 10.8. The van der Waals surface area contributed by atoms with Gasteiger partial charge in [-0.25, -0.2) is 9.18 Å². The number of carbonyl (C=O) groups is 1. The summed E-state index contributed by atoms with van der Waals surface area (Å²) in [5, 5.41) is 13.2. The number of aromatic nitrogens is 2. The first kappa shape index (κ1) is 11.5. The Bertz CT molecular complexity index is 788. The SMILES string of the molecule is Cn1cc(-c2cc(C(=O)O)on2)c2cc(F)ccc21. The van der Waals surface area contributed by atoms with Gasteiger partial charge in [0.1, 0.15) is 11.5 Å². The van der Waals surface area contributed by atoms with E-state index in [9.17, 15) is 9.18 Å². The minimum Gasteiger partial charge on any atom is -0.475 e. The van der Waals surface area contributed by atoms with Gasteiger partial charge in [0, 0.05) is 35.8 Å². The second-order valence-electron chi connectivity index (χ2n) is 4.20. The maximum atomic E-state index is 13.3. The highest BCUT2D eigenvalue weighted by molar-refractivity contribution is 5.96. The molecule has 0 saturated carbocycles. The van der Waals surface area contributed by atoms with Crippen molar-refractivity contribution in [2.75, 3.05) is 0 Å². The third-order valence-corrected chi connectivity index (χ3v) is 2.95. The average Bonchev–Trinajstić information content (AvgIpc) is 2.94. The molecule has 96 valence electrons. The third-order valence-electron chi connectivity index (χ3n) is 2.95. The normalized spacial score (nSPS) is 11.1. The number of hydrogen-bond donors (Lipinski definition) is 1. The highest BCUT2D eigenvalue weighted by Gasteiger charge is 2.16. The van der Waals surface area contributed by atoms with Crippen LogP contribution < -0.4 is 0 Å². The van der Waals surface area contributed by atoms with Gasteiger partial charge in [0.05, 0.1) is 0 Å². The van der Waals surface area contributed by atoms with Gasteiger partial charge in [0.2, 0.25) is 5.76 Å². The molecule has 0 saturated heterocycles. The molecule has 5 nitrogen and oxygen atoms in total. The zero-order chi connectivity index (χ0) is 13.6. The molecule has 0 bridgehead atoms. The van der Waals surface area contributed by atoms with Crippen LogP contribution in [-0.4, -0.2) is 20.8 Å². The van der Waals surface area contributed by atoms with Gasteiger partial charge >= 0.3 is 5.97 Å². The molecule has 1 N–H and O–H groups in total. The van der Waals surface area contributed by atoms with E-state index in [2.05, 4.69) is 5.16 Å². The molecule has 0 aliphatic rings. The van der Waals surface area contributed by atoms with Crippen molar-refractivity contribution in [3.8, 4) is 11.3 Å². The van der Waals surface area contributed by atoms with Crippen LogP contribution in [0, 0.1) is 5.82 Å². The van der Waals surface area contributed by atoms with Crippen LogP contribution >= 0.6 is 0 Å². The molecule has 0 fully saturated rings. The molecule has 2 aromatic heterocycles. The molecule has 0 aliphatic heterocycles. The van der Waals surface area contributed by atoms with Gasteiger partial charge in [0.15, 0.2) is 0 Å². The summed E-state index contributed by atoms with van der Waals surface area (Å²) in [7, 11) is 1.82. The van der Waals surface area contributed by atoms with Crippen LogP contribution in [0.4, 0.5) is 4.39 Å². The Morgan fingerprint density at radius 2 is 2.21 bits per heavy atom. The maximum Gasteiger partial charge on any atom is 0.374 e. The first-order chi connectivity index (χ1) is 9.06. The average molecular weight is 260 g/mol. The van der Waals surface area contributed by atoms with E-state index < -0.39 is 5.97 Å². The van der Waals surface area contributed by atoms with Gasteiger partial charge in [-0.05, 0) is 18.2 Å². The topological polar surface area (TPSA) is 68.3 Å². The molecule has 3 rings (SSSR count). The molecule has 0 aliphatic carbocycles. The van der Waals surface area contributed by atoms with Crippen molar-refractivity contribution in [3.05, 3.63) is 42.0 Å². The van der Waals surface area contributed by atoms with Crippen molar-refractivity contribution < 1.29 is 18.8 Å². The molecule has 2 heterocycles. The van der Waals surface area contributed by atoms with E-state index in [-0.39, 0.29) is 11.6 Å². The van der Waals surface area contributed by atoms with Crippen LogP contribution in [0.5, 0.6) is 0 Å². The summed E-state index contributed by atoms with van der Waals surface area (Å²) < 4.78 is 19.9. The lowest BCUT2D eigenvalue weighted by atomic mass is 10.1.